The van der Waals surface area contributed by atoms with Gasteiger partial charge < -0.3 is 15.0 Å². The zero-order valence-electron chi connectivity index (χ0n) is 10.4. The Bertz CT molecular complexity index is 384. The lowest BCUT2D eigenvalue weighted by Crippen LogP contribution is -2.43. The molecule has 0 spiro atoms. The molecule has 0 amide bonds. The average Bonchev–Trinajstić information content (AvgIpc) is 2.31. The fraction of sp³-hybridized carbons (Fsp3) is 0.538. The molecule has 1 unspecified atom stereocenters. The first-order chi connectivity index (χ1) is 8.16. The number of nitrogens with one attached hydrogen (secondary N) is 1. The first kappa shape index (κ1) is 12.9. The smallest absolute Gasteiger partial charge is 0.0874 e. The summed E-state index contributed by atoms with van der Waals surface area (Å²) in [6.45, 7) is 5.84. The molecule has 1 heterocycles. The van der Waals surface area contributed by atoms with Crippen LogP contribution in [0, 0.1) is 6.92 Å². The molecule has 1 fully saturated rings. The molecule has 0 bridgehead atoms. The fourth-order valence-corrected chi connectivity index (χ4v) is 2.38. The first-order valence-electron chi connectivity index (χ1n) is 5.96. The highest BCUT2D eigenvalue weighted by molar-refractivity contribution is 9.10. The van der Waals surface area contributed by atoms with Crippen LogP contribution in [0.25, 0.3) is 0 Å². The Labute approximate surface area is 111 Å². The summed E-state index contributed by atoms with van der Waals surface area (Å²) in [5.74, 6) is 0. The van der Waals surface area contributed by atoms with Gasteiger partial charge in [-0.25, -0.2) is 0 Å². The minimum atomic E-state index is 0.284. The normalized spacial score (nSPS) is 21.5. The molecule has 1 N–H and O–H groups in total. The van der Waals surface area contributed by atoms with Crippen LogP contribution in [-0.2, 0) is 4.74 Å². The van der Waals surface area contributed by atoms with Crippen molar-refractivity contribution in [2.24, 2.45) is 0 Å². The molecule has 17 heavy (non-hydrogen) atoms. The SMILES string of the molecule is Cc1c(Br)cccc1NCC1CN(C)CCO1. The van der Waals surface area contributed by atoms with Gasteiger partial charge in [-0.3, -0.25) is 0 Å². The number of anilines is 1. The van der Waals surface area contributed by atoms with Crippen molar-refractivity contribution in [3.63, 3.8) is 0 Å². The van der Waals surface area contributed by atoms with Crippen LogP contribution < -0.4 is 5.32 Å². The third kappa shape index (κ3) is 3.44. The van der Waals surface area contributed by atoms with Gasteiger partial charge in [-0.2, -0.15) is 0 Å². The Balaban J connectivity index is 1.91. The molecular weight excluding hydrogens is 280 g/mol. The number of rotatable bonds is 3. The highest BCUT2D eigenvalue weighted by Crippen LogP contribution is 2.23. The molecule has 0 aliphatic carbocycles. The number of halogens is 1. The summed E-state index contributed by atoms with van der Waals surface area (Å²) in [5, 5.41) is 3.46. The number of nitrogens with zero attached hydrogens (tertiary/aromatic N) is 1. The number of hydrogen-bond donors (Lipinski definition) is 1. The second-order valence-electron chi connectivity index (χ2n) is 4.55. The zero-order valence-corrected chi connectivity index (χ0v) is 12.0. The number of morpholine rings is 1. The van der Waals surface area contributed by atoms with Gasteiger partial charge in [0.2, 0.25) is 0 Å². The van der Waals surface area contributed by atoms with E-state index in [1.54, 1.807) is 0 Å². The second-order valence-corrected chi connectivity index (χ2v) is 5.40. The summed E-state index contributed by atoms with van der Waals surface area (Å²) < 4.78 is 6.87. The van der Waals surface area contributed by atoms with E-state index in [4.69, 9.17) is 4.74 Å². The number of likely N-dealkylation sites (N-methyl/N-ethyl adjacent to an activating group) is 1. The van der Waals surface area contributed by atoms with E-state index < -0.39 is 0 Å². The van der Waals surface area contributed by atoms with Gasteiger partial charge in [0.1, 0.15) is 0 Å². The van der Waals surface area contributed by atoms with Crippen LogP contribution >= 0.6 is 15.9 Å². The Morgan fingerprint density at radius 2 is 2.35 bits per heavy atom. The maximum atomic E-state index is 5.72. The van der Waals surface area contributed by atoms with Crippen LogP contribution in [0.15, 0.2) is 22.7 Å². The van der Waals surface area contributed by atoms with Crippen LogP contribution in [0.3, 0.4) is 0 Å². The van der Waals surface area contributed by atoms with Crippen molar-refractivity contribution in [1.82, 2.24) is 4.90 Å². The molecule has 1 atom stereocenters. The lowest BCUT2D eigenvalue weighted by atomic mass is 10.2. The lowest BCUT2D eigenvalue weighted by Gasteiger charge is -2.30. The largest absolute Gasteiger partial charge is 0.382 e. The van der Waals surface area contributed by atoms with Crippen molar-refractivity contribution in [3.05, 3.63) is 28.2 Å². The molecular formula is C13H19BrN2O. The van der Waals surface area contributed by atoms with Crippen molar-refractivity contribution >= 4 is 21.6 Å². The average molecular weight is 299 g/mol. The van der Waals surface area contributed by atoms with Crippen LogP contribution in [0.5, 0.6) is 0 Å². The van der Waals surface area contributed by atoms with Crippen molar-refractivity contribution in [3.8, 4) is 0 Å². The summed E-state index contributed by atoms with van der Waals surface area (Å²) in [6, 6.07) is 6.21. The summed E-state index contributed by atoms with van der Waals surface area (Å²) >= 11 is 3.54. The number of benzene rings is 1. The topological polar surface area (TPSA) is 24.5 Å². The van der Waals surface area contributed by atoms with Gasteiger partial charge in [0.25, 0.3) is 0 Å². The molecule has 1 saturated heterocycles. The van der Waals surface area contributed by atoms with E-state index in [1.165, 1.54) is 11.3 Å². The summed E-state index contributed by atoms with van der Waals surface area (Å²) in [7, 11) is 2.14. The van der Waals surface area contributed by atoms with E-state index in [-0.39, 0.29) is 6.10 Å². The highest BCUT2D eigenvalue weighted by Gasteiger charge is 2.17. The maximum Gasteiger partial charge on any atom is 0.0874 e. The van der Waals surface area contributed by atoms with Crippen molar-refractivity contribution in [2.75, 3.05) is 38.6 Å². The first-order valence-corrected chi connectivity index (χ1v) is 6.75. The molecule has 0 radical (unpaired) electrons. The van der Waals surface area contributed by atoms with Gasteiger partial charge in [-0.1, -0.05) is 22.0 Å². The van der Waals surface area contributed by atoms with E-state index in [0.29, 0.717) is 0 Å². The van der Waals surface area contributed by atoms with E-state index in [2.05, 4.69) is 52.3 Å². The molecule has 0 aromatic heterocycles. The third-order valence-corrected chi connectivity index (χ3v) is 3.99. The molecule has 1 aromatic carbocycles. The number of hydrogen-bond acceptors (Lipinski definition) is 3. The minimum absolute atomic E-state index is 0.284. The van der Waals surface area contributed by atoms with Crippen molar-refractivity contribution < 1.29 is 4.74 Å². The third-order valence-electron chi connectivity index (χ3n) is 3.13. The molecule has 1 aromatic rings. The lowest BCUT2D eigenvalue weighted by molar-refractivity contribution is -0.0117. The highest BCUT2D eigenvalue weighted by atomic mass is 79.9. The van der Waals surface area contributed by atoms with Crippen molar-refractivity contribution in [1.29, 1.82) is 0 Å². The van der Waals surface area contributed by atoms with Gasteiger partial charge in [-0.05, 0) is 31.7 Å². The Kier molecular flexibility index (Phi) is 4.42. The van der Waals surface area contributed by atoms with Crippen LogP contribution in [-0.4, -0.2) is 44.3 Å². The van der Waals surface area contributed by atoms with E-state index in [9.17, 15) is 0 Å². The van der Waals surface area contributed by atoms with Crippen molar-refractivity contribution in [2.45, 2.75) is 13.0 Å². The van der Waals surface area contributed by atoms with Crippen LogP contribution in [0.2, 0.25) is 0 Å². The summed E-state index contributed by atoms with van der Waals surface area (Å²) in [5.41, 5.74) is 2.42. The predicted molar refractivity (Wildman–Crippen MR) is 74.6 cm³/mol. The second kappa shape index (κ2) is 5.85. The van der Waals surface area contributed by atoms with Gasteiger partial charge >= 0.3 is 0 Å². The zero-order chi connectivity index (χ0) is 12.3. The van der Waals surface area contributed by atoms with Gasteiger partial charge in [0, 0.05) is 29.8 Å². The predicted octanol–water partition coefficient (Wildman–Crippen LogP) is 2.50. The summed E-state index contributed by atoms with van der Waals surface area (Å²) in [4.78, 5) is 2.31. The van der Waals surface area contributed by atoms with E-state index >= 15 is 0 Å². The van der Waals surface area contributed by atoms with E-state index in [0.717, 1.165) is 30.7 Å². The molecule has 4 heteroatoms. The Hall–Kier alpha value is -0.580. The maximum absolute atomic E-state index is 5.72. The van der Waals surface area contributed by atoms with E-state index in [1.807, 2.05) is 6.07 Å². The summed E-state index contributed by atoms with van der Waals surface area (Å²) in [6.07, 6.45) is 0.284. The Morgan fingerprint density at radius 3 is 3.12 bits per heavy atom. The van der Waals surface area contributed by atoms with Crippen LogP contribution in [0.1, 0.15) is 5.56 Å². The standard InChI is InChI=1S/C13H19BrN2O/c1-10-12(14)4-3-5-13(10)15-8-11-9-16(2)6-7-17-11/h3-5,11,15H,6-9H2,1-2H3. The quantitative estimate of drug-likeness (QED) is 0.928. The van der Waals surface area contributed by atoms with Gasteiger partial charge in [-0.15, -0.1) is 0 Å². The molecule has 0 saturated carbocycles. The van der Waals surface area contributed by atoms with Gasteiger partial charge in [0.05, 0.1) is 12.7 Å². The number of ether oxygens (including phenoxy) is 1. The molecule has 2 rings (SSSR count). The minimum Gasteiger partial charge on any atom is -0.382 e. The molecule has 3 nitrogen and oxygen atoms in total. The molecule has 94 valence electrons. The van der Waals surface area contributed by atoms with Gasteiger partial charge in [0.15, 0.2) is 0 Å². The monoisotopic (exact) mass is 298 g/mol. The Morgan fingerprint density at radius 1 is 1.53 bits per heavy atom. The molecule has 1 aliphatic rings. The van der Waals surface area contributed by atoms with Crippen LogP contribution in [0.4, 0.5) is 5.69 Å². The fourth-order valence-electron chi connectivity index (χ4n) is 2.01. The molecule has 1 aliphatic heterocycles.